The molecule has 0 spiro atoms. The minimum absolute atomic E-state index is 0.296. The Balaban J connectivity index is 1.99. The largest absolute Gasteiger partial charge is 0.477 e. The Kier molecular flexibility index (Phi) is 3.66. The van der Waals surface area contributed by atoms with E-state index in [9.17, 15) is 4.79 Å². The second-order valence-corrected chi connectivity index (χ2v) is 5.72. The molecule has 17 heavy (non-hydrogen) atoms. The molecule has 0 amide bonds. The molecular weight excluding hydrogens is 236 g/mol. The summed E-state index contributed by atoms with van der Waals surface area (Å²) in [7, 11) is 0. The average molecular weight is 254 g/mol. The number of thiazole rings is 1. The molecule has 1 aromatic heterocycles. The Labute approximate surface area is 105 Å². The van der Waals surface area contributed by atoms with Crippen molar-refractivity contribution in [3.63, 3.8) is 0 Å². The van der Waals surface area contributed by atoms with Crippen LogP contribution in [0, 0.1) is 11.8 Å². The quantitative estimate of drug-likeness (QED) is 0.866. The molecule has 1 heterocycles. The number of rotatable bonds is 4. The summed E-state index contributed by atoms with van der Waals surface area (Å²) in [6, 6.07) is 0.438. The van der Waals surface area contributed by atoms with Crippen LogP contribution in [0.15, 0.2) is 6.20 Å². The minimum Gasteiger partial charge on any atom is -0.477 e. The lowest BCUT2D eigenvalue weighted by atomic mass is 9.94. The predicted molar refractivity (Wildman–Crippen MR) is 68.7 cm³/mol. The van der Waals surface area contributed by atoms with Crippen LogP contribution >= 0.6 is 11.3 Å². The highest BCUT2D eigenvalue weighted by Crippen LogP contribution is 2.36. The van der Waals surface area contributed by atoms with Gasteiger partial charge in [0.15, 0.2) is 5.13 Å². The topological polar surface area (TPSA) is 62.2 Å². The number of carboxylic acid groups (broad SMARTS) is 1. The van der Waals surface area contributed by atoms with Crippen LogP contribution in [-0.4, -0.2) is 22.1 Å². The molecule has 1 fully saturated rings. The van der Waals surface area contributed by atoms with Gasteiger partial charge in [-0.1, -0.05) is 31.6 Å². The molecule has 5 heteroatoms. The molecule has 4 nitrogen and oxygen atoms in total. The van der Waals surface area contributed by atoms with Gasteiger partial charge in [-0.3, -0.25) is 0 Å². The maximum atomic E-state index is 10.8. The van der Waals surface area contributed by atoms with Gasteiger partial charge in [-0.05, 0) is 24.7 Å². The van der Waals surface area contributed by atoms with Gasteiger partial charge in [0.05, 0.1) is 6.20 Å². The molecule has 0 saturated heterocycles. The van der Waals surface area contributed by atoms with Crippen LogP contribution in [0.1, 0.15) is 42.8 Å². The van der Waals surface area contributed by atoms with Gasteiger partial charge >= 0.3 is 5.97 Å². The molecule has 0 aromatic carbocycles. The van der Waals surface area contributed by atoms with E-state index in [0.29, 0.717) is 16.8 Å². The maximum absolute atomic E-state index is 10.8. The monoisotopic (exact) mass is 254 g/mol. The lowest BCUT2D eigenvalue weighted by Gasteiger charge is -2.20. The molecule has 3 atom stereocenters. The van der Waals surface area contributed by atoms with Crippen LogP contribution in [-0.2, 0) is 0 Å². The van der Waals surface area contributed by atoms with Crippen LogP contribution in [0.3, 0.4) is 0 Å². The first-order chi connectivity index (χ1) is 8.11. The summed E-state index contributed by atoms with van der Waals surface area (Å²) in [6.45, 7) is 4.50. The molecule has 1 aromatic rings. The standard InChI is InChI=1S/C12H18N2O2S/c1-3-8-4-5-9(7(8)2)14-12-13-6-10(17-12)11(15)16/h6-9H,3-5H2,1-2H3,(H,13,14)(H,15,16). The third-order valence-electron chi connectivity index (χ3n) is 3.78. The van der Waals surface area contributed by atoms with Crippen LogP contribution in [0.4, 0.5) is 5.13 Å². The maximum Gasteiger partial charge on any atom is 0.347 e. The number of nitrogens with one attached hydrogen (secondary N) is 1. The van der Waals surface area contributed by atoms with Gasteiger partial charge in [0, 0.05) is 6.04 Å². The van der Waals surface area contributed by atoms with Crippen molar-refractivity contribution < 1.29 is 9.90 Å². The van der Waals surface area contributed by atoms with E-state index in [1.54, 1.807) is 0 Å². The summed E-state index contributed by atoms with van der Waals surface area (Å²) in [4.78, 5) is 15.2. The molecule has 0 aliphatic heterocycles. The van der Waals surface area contributed by atoms with Gasteiger partial charge in [-0.25, -0.2) is 9.78 Å². The van der Waals surface area contributed by atoms with Crippen LogP contribution < -0.4 is 5.32 Å². The number of aromatic nitrogens is 1. The number of hydrogen-bond acceptors (Lipinski definition) is 4. The summed E-state index contributed by atoms with van der Waals surface area (Å²) in [6.07, 6.45) is 5.05. The van der Waals surface area contributed by atoms with E-state index < -0.39 is 5.97 Å². The van der Waals surface area contributed by atoms with E-state index in [2.05, 4.69) is 24.1 Å². The smallest absolute Gasteiger partial charge is 0.347 e. The van der Waals surface area contributed by atoms with Gasteiger partial charge < -0.3 is 10.4 Å². The lowest BCUT2D eigenvalue weighted by Crippen LogP contribution is -2.24. The van der Waals surface area contributed by atoms with Gasteiger partial charge in [-0.2, -0.15) is 0 Å². The first kappa shape index (κ1) is 12.4. The Morgan fingerprint density at radius 3 is 2.94 bits per heavy atom. The second kappa shape index (κ2) is 5.04. The van der Waals surface area contributed by atoms with Crippen molar-refractivity contribution in [1.82, 2.24) is 4.98 Å². The Bertz CT molecular complexity index is 405. The van der Waals surface area contributed by atoms with E-state index in [1.165, 1.54) is 30.4 Å². The number of carbonyl (C=O) groups is 1. The van der Waals surface area contributed by atoms with Crippen molar-refractivity contribution in [2.45, 2.75) is 39.2 Å². The first-order valence-electron chi connectivity index (χ1n) is 6.07. The third-order valence-corrected chi connectivity index (χ3v) is 4.69. The fourth-order valence-electron chi connectivity index (χ4n) is 2.63. The van der Waals surface area contributed by atoms with Crippen molar-refractivity contribution in [3.05, 3.63) is 11.1 Å². The highest BCUT2D eigenvalue weighted by Gasteiger charge is 2.31. The molecule has 1 aliphatic carbocycles. The van der Waals surface area contributed by atoms with E-state index in [4.69, 9.17) is 5.11 Å². The van der Waals surface area contributed by atoms with Crippen LogP contribution in [0.2, 0.25) is 0 Å². The molecule has 1 aliphatic rings. The number of carboxylic acids is 1. The zero-order valence-corrected chi connectivity index (χ0v) is 11.0. The average Bonchev–Trinajstić information content (AvgIpc) is 2.88. The summed E-state index contributed by atoms with van der Waals surface area (Å²) >= 11 is 1.22. The molecule has 94 valence electrons. The first-order valence-corrected chi connectivity index (χ1v) is 6.89. The predicted octanol–water partition coefficient (Wildman–Crippen LogP) is 3.08. The number of aromatic carboxylic acids is 1. The van der Waals surface area contributed by atoms with Crippen LogP contribution in [0.5, 0.6) is 0 Å². The van der Waals surface area contributed by atoms with Crippen molar-refractivity contribution in [2.75, 3.05) is 5.32 Å². The van der Waals surface area contributed by atoms with Crippen molar-refractivity contribution in [3.8, 4) is 0 Å². The minimum atomic E-state index is -0.901. The summed E-state index contributed by atoms with van der Waals surface area (Å²) in [5.41, 5.74) is 0. The number of hydrogen-bond donors (Lipinski definition) is 2. The Morgan fingerprint density at radius 1 is 1.65 bits per heavy atom. The second-order valence-electron chi connectivity index (χ2n) is 4.69. The summed E-state index contributed by atoms with van der Waals surface area (Å²) in [5, 5.41) is 12.9. The van der Waals surface area contributed by atoms with E-state index in [-0.39, 0.29) is 0 Å². The number of anilines is 1. The van der Waals surface area contributed by atoms with Gasteiger partial charge in [0.2, 0.25) is 0 Å². The molecule has 2 rings (SSSR count). The van der Waals surface area contributed by atoms with E-state index in [1.807, 2.05) is 0 Å². The number of nitrogens with zero attached hydrogens (tertiary/aromatic N) is 1. The molecule has 2 N–H and O–H groups in total. The van der Waals surface area contributed by atoms with Gasteiger partial charge in [-0.15, -0.1) is 0 Å². The van der Waals surface area contributed by atoms with Gasteiger partial charge in [0.25, 0.3) is 0 Å². The lowest BCUT2D eigenvalue weighted by molar-refractivity contribution is 0.0702. The zero-order valence-electron chi connectivity index (χ0n) is 10.1. The summed E-state index contributed by atoms with van der Waals surface area (Å²) in [5.74, 6) is 0.519. The zero-order chi connectivity index (χ0) is 12.4. The highest BCUT2D eigenvalue weighted by atomic mass is 32.1. The SMILES string of the molecule is CCC1CCC(Nc2ncc(C(=O)O)s2)C1C. The molecular formula is C12H18N2O2S. The van der Waals surface area contributed by atoms with Crippen LogP contribution in [0.25, 0.3) is 0 Å². The van der Waals surface area contributed by atoms with Crippen molar-refractivity contribution >= 4 is 22.4 Å². The Morgan fingerprint density at radius 2 is 2.41 bits per heavy atom. The normalized spacial score (nSPS) is 28.2. The van der Waals surface area contributed by atoms with Gasteiger partial charge in [0.1, 0.15) is 4.88 Å². The van der Waals surface area contributed by atoms with Crippen molar-refractivity contribution in [2.24, 2.45) is 11.8 Å². The fourth-order valence-corrected chi connectivity index (χ4v) is 3.34. The molecule has 1 saturated carbocycles. The fraction of sp³-hybridized carbons (Fsp3) is 0.667. The van der Waals surface area contributed by atoms with E-state index in [0.717, 1.165) is 17.5 Å². The third kappa shape index (κ3) is 2.60. The summed E-state index contributed by atoms with van der Waals surface area (Å²) < 4.78 is 0. The Hall–Kier alpha value is -1.10. The highest BCUT2D eigenvalue weighted by molar-refractivity contribution is 7.17. The molecule has 0 bridgehead atoms. The molecule has 0 radical (unpaired) electrons. The van der Waals surface area contributed by atoms with Crippen molar-refractivity contribution in [1.29, 1.82) is 0 Å². The van der Waals surface area contributed by atoms with E-state index >= 15 is 0 Å². The molecule has 3 unspecified atom stereocenters.